The maximum absolute atomic E-state index is 12.1. The largest absolute Gasteiger partial charge is 0.352 e. The quantitative estimate of drug-likeness (QED) is 0.410. The van der Waals surface area contributed by atoms with Gasteiger partial charge in [0.15, 0.2) is 0 Å². The summed E-state index contributed by atoms with van der Waals surface area (Å²) in [5, 5.41) is 16.9. The van der Waals surface area contributed by atoms with E-state index in [1.54, 1.807) is 36.5 Å². The molecule has 0 aliphatic carbocycles. The molecule has 9 heteroatoms. The van der Waals surface area contributed by atoms with Crippen molar-refractivity contribution in [2.75, 3.05) is 18.4 Å². The zero-order chi connectivity index (χ0) is 21.6. The van der Waals surface area contributed by atoms with E-state index in [-0.39, 0.29) is 5.91 Å². The number of benzene rings is 2. The Labute approximate surface area is 187 Å². The van der Waals surface area contributed by atoms with Crippen LogP contribution in [0.2, 0.25) is 5.02 Å². The predicted molar refractivity (Wildman–Crippen MR) is 121 cm³/mol. The fourth-order valence-corrected chi connectivity index (χ4v) is 4.09. The number of nitrogens with zero attached hydrogens (tertiary/aromatic N) is 4. The van der Waals surface area contributed by atoms with E-state index in [2.05, 4.69) is 31.7 Å². The summed E-state index contributed by atoms with van der Waals surface area (Å²) in [6.07, 6.45) is 1.61. The third-order valence-electron chi connectivity index (χ3n) is 4.46. The van der Waals surface area contributed by atoms with Crippen molar-refractivity contribution in [3.8, 4) is 6.07 Å². The van der Waals surface area contributed by atoms with Gasteiger partial charge in [0.2, 0.25) is 5.95 Å². The van der Waals surface area contributed by atoms with Crippen LogP contribution in [-0.4, -0.2) is 33.9 Å². The van der Waals surface area contributed by atoms with Crippen LogP contribution in [0.25, 0.3) is 10.2 Å². The number of aromatic nitrogens is 3. The molecule has 0 saturated carbocycles. The van der Waals surface area contributed by atoms with Crippen LogP contribution in [0.3, 0.4) is 0 Å². The molecule has 0 aliphatic heterocycles. The first-order valence-electron chi connectivity index (χ1n) is 9.50. The molecule has 31 heavy (non-hydrogen) atoms. The molecule has 2 aromatic carbocycles. The van der Waals surface area contributed by atoms with E-state index in [4.69, 9.17) is 11.6 Å². The topological polar surface area (TPSA) is 104 Å². The SMILES string of the molecule is N#CC(c1ccnc(NCCNC(=O)c2ccc(Cl)cc2)n1)c1nc2ccccc2s1. The Morgan fingerprint density at radius 2 is 1.90 bits per heavy atom. The smallest absolute Gasteiger partial charge is 0.251 e. The van der Waals surface area contributed by atoms with Gasteiger partial charge in [-0.3, -0.25) is 4.79 Å². The molecule has 0 saturated heterocycles. The van der Waals surface area contributed by atoms with E-state index >= 15 is 0 Å². The molecular formula is C22H17ClN6OS. The highest BCUT2D eigenvalue weighted by molar-refractivity contribution is 7.18. The molecule has 4 rings (SSSR count). The molecule has 1 atom stereocenters. The second-order valence-electron chi connectivity index (χ2n) is 6.58. The molecule has 0 fully saturated rings. The van der Waals surface area contributed by atoms with Crippen molar-refractivity contribution in [2.45, 2.75) is 5.92 Å². The van der Waals surface area contributed by atoms with Crippen LogP contribution < -0.4 is 10.6 Å². The highest BCUT2D eigenvalue weighted by Gasteiger charge is 2.20. The van der Waals surface area contributed by atoms with Crippen molar-refractivity contribution in [1.29, 1.82) is 5.26 Å². The van der Waals surface area contributed by atoms with Gasteiger partial charge in [-0.25, -0.2) is 15.0 Å². The third kappa shape index (κ3) is 4.97. The Morgan fingerprint density at radius 1 is 1.10 bits per heavy atom. The van der Waals surface area contributed by atoms with Gasteiger partial charge in [-0.1, -0.05) is 23.7 Å². The number of fused-ring (bicyclic) bond motifs is 1. The number of carbonyl (C=O) groups excluding carboxylic acids is 1. The van der Waals surface area contributed by atoms with Gasteiger partial charge in [-0.15, -0.1) is 11.3 Å². The van der Waals surface area contributed by atoms with Crippen LogP contribution in [0.4, 0.5) is 5.95 Å². The maximum Gasteiger partial charge on any atom is 0.251 e. The number of rotatable bonds is 7. The summed E-state index contributed by atoms with van der Waals surface area (Å²) in [4.78, 5) is 25.4. The highest BCUT2D eigenvalue weighted by atomic mass is 35.5. The van der Waals surface area contributed by atoms with E-state index < -0.39 is 5.92 Å². The lowest BCUT2D eigenvalue weighted by molar-refractivity contribution is 0.0955. The number of amides is 1. The zero-order valence-electron chi connectivity index (χ0n) is 16.2. The lowest BCUT2D eigenvalue weighted by Gasteiger charge is -2.09. The molecular weight excluding hydrogens is 432 g/mol. The number of hydrogen-bond acceptors (Lipinski definition) is 7. The molecule has 2 aromatic heterocycles. The highest BCUT2D eigenvalue weighted by Crippen LogP contribution is 2.30. The van der Waals surface area contributed by atoms with Crippen LogP contribution in [0.5, 0.6) is 0 Å². The van der Waals surface area contributed by atoms with Gasteiger partial charge in [0.05, 0.1) is 22.0 Å². The minimum Gasteiger partial charge on any atom is -0.352 e. The van der Waals surface area contributed by atoms with Gasteiger partial charge in [-0.05, 0) is 42.5 Å². The lowest BCUT2D eigenvalue weighted by Crippen LogP contribution is -2.29. The Kier molecular flexibility index (Phi) is 6.36. The molecule has 7 nitrogen and oxygen atoms in total. The van der Waals surface area contributed by atoms with Crippen LogP contribution >= 0.6 is 22.9 Å². The molecule has 0 spiro atoms. The van der Waals surface area contributed by atoms with E-state index in [0.29, 0.717) is 40.3 Å². The van der Waals surface area contributed by atoms with Crippen molar-refractivity contribution < 1.29 is 4.79 Å². The van der Waals surface area contributed by atoms with Crippen molar-refractivity contribution in [3.05, 3.63) is 82.1 Å². The number of para-hydroxylation sites is 1. The Hall–Kier alpha value is -3.54. The molecule has 0 aliphatic rings. The average molecular weight is 449 g/mol. The second kappa shape index (κ2) is 9.51. The summed E-state index contributed by atoms with van der Waals surface area (Å²) in [5.74, 6) is -0.376. The van der Waals surface area contributed by atoms with Gasteiger partial charge < -0.3 is 10.6 Å². The van der Waals surface area contributed by atoms with E-state index in [1.165, 1.54) is 11.3 Å². The molecule has 2 heterocycles. The number of hydrogen-bond donors (Lipinski definition) is 2. The minimum atomic E-state index is -0.578. The summed E-state index contributed by atoms with van der Waals surface area (Å²) in [5.41, 5.74) is 1.98. The van der Waals surface area contributed by atoms with Crippen molar-refractivity contribution in [2.24, 2.45) is 0 Å². The number of carbonyl (C=O) groups is 1. The molecule has 1 unspecified atom stereocenters. The van der Waals surface area contributed by atoms with Crippen molar-refractivity contribution >= 4 is 45.0 Å². The van der Waals surface area contributed by atoms with Crippen LogP contribution in [0.1, 0.15) is 27.0 Å². The van der Waals surface area contributed by atoms with Crippen LogP contribution in [0, 0.1) is 11.3 Å². The standard InChI is InChI=1S/C22H17ClN6OS/c23-15-7-5-14(6-8-15)20(30)25-11-12-27-22-26-10-9-17(29-22)16(13-24)21-28-18-3-1-2-4-19(18)31-21/h1-10,16H,11-12H2,(H,25,30)(H,26,27,29). The predicted octanol–water partition coefficient (Wildman–Crippen LogP) is 4.24. The zero-order valence-corrected chi connectivity index (χ0v) is 17.8. The molecule has 4 aromatic rings. The second-order valence-corrected chi connectivity index (χ2v) is 8.08. The van der Waals surface area contributed by atoms with E-state index in [9.17, 15) is 10.1 Å². The Morgan fingerprint density at radius 3 is 2.68 bits per heavy atom. The van der Waals surface area contributed by atoms with Gasteiger partial charge >= 0.3 is 0 Å². The molecule has 1 amide bonds. The van der Waals surface area contributed by atoms with Crippen molar-refractivity contribution in [3.63, 3.8) is 0 Å². The number of anilines is 1. The maximum atomic E-state index is 12.1. The summed E-state index contributed by atoms with van der Waals surface area (Å²) in [6.45, 7) is 0.815. The summed E-state index contributed by atoms with van der Waals surface area (Å²) in [7, 11) is 0. The van der Waals surface area contributed by atoms with Crippen molar-refractivity contribution in [1.82, 2.24) is 20.3 Å². The number of nitrogens with one attached hydrogen (secondary N) is 2. The normalized spacial score (nSPS) is 11.6. The van der Waals surface area contributed by atoms with E-state index in [0.717, 1.165) is 10.2 Å². The monoisotopic (exact) mass is 448 g/mol. The number of nitriles is 1. The van der Waals surface area contributed by atoms with E-state index in [1.807, 2.05) is 24.3 Å². The van der Waals surface area contributed by atoms with Gasteiger partial charge in [0.1, 0.15) is 10.9 Å². The average Bonchev–Trinajstić information content (AvgIpc) is 3.21. The van der Waals surface area contributed by atoms with Crippen LogP contribution in [0.15, 0.2) is 60.8 Å². The van der Waals surface area contributed by atoms with Crippen LogP contribution in [-0.2, 0) is 0 Å². The molecule has 0 bridgehead atoms. The first-order valence-corrected chi connectivity index (χ1v) is 10.7. The first kappa shape index (κ1) is 20.7. The molecule has 2 N–H and O–H groups in total. The molecule has 0 radical (unpaired) electrons. The van der Waals surface area contributed by atoms with Gasteiger partial charge in [0, 0.05) is 29.9 Å². The summed E-state index contributed by atoms with van der Waals surface area (Å²) >= 11 is 7.32. The minimum absolute atomic E-state index is 0.187. The van der Waals surface area contributed by atoms with Gasteiger partial charge in [-0.2, -0.15) is 5.26 Å². The Balaban J connectivity index is 1.38. The summed E-state index contributed by atoms with van der Waals surface area (Å²) < 4.78 is 1.03. The molecule has 154 valence electrons. The lowest BCUT2D eigenvalue weighted by atomic mass is 10.1. The number of thiazole rings is 1. The Bertz CT molecular complexity index is 1220. The fourth-order valence-electron chi connectivity index (χ4n) is 2.93. The van der Waals surface area contributed by atoms with Gasteiger partial charge in [0.25, 0.3) is 5.91 Å². The summed E-state index contributed by atoms with van der Waals surface area (Å²) in [6, 6.07) is 18.5. The number of halogens is 1. The fraction of sp³-hybridized carbons (Fsp3) is 0.136. The third-order valence-corrected chi connectivity index (χ3v) is 5.81. The first-order chi connectivity index (χ1) is 15.1.